The molecule has 1 aliphatic heterocycles. The Morgan fingerprint density at radius 3 is 2.84 bits per heavy atom. The lowest BCUT2D eigenvalue weighted by atomic mass is 9.84. The largest absolute Gasteiger partial charge is 0.409 e. The molecule has 0 fully saturated rings. The number of anilines is 1. The third-order valence-electron chi connectivity index (χ3n) is 3.98. The molecule has 0 bridgehead atoms. The minimum absolute atomic E-state index is 0.0376. The highest BCUT2D eigenvalue weighted by molar-refractivity contribution is 6.13. The molecule has 5 heteroatoms. The van der Waals surface area contributed by atoms with Crippen molar-refractivity contribution in [3.63, 3.8) is 0 Å². The molecule has 1 aromatic carbocycles. The fourth-order valence-corrected chi connectivity index (χ4v) is 2.40. The first-order chi connectivity index (χ1) is 9.04. The number of fused-ring (bicyclic) bond motifs is 1. The van der Waals surface area contributed by atoms with E-state index in [1.165, 1.54) is 0 Å². The van der Waals surface area contributed by atoms with Gasteiger partial charge in [0.25, 0.3) is 0 Å². The highest BCUT2D eigenvalue weighted by Crippen LogP contribution is 2.33. The first kappa shape index (κ1) is 13.4. The van der Waals surface area contributed by atoms with Crippen LogP contribution in [0.2, 0.25) is 0 Å². The smallest absolute Gasteiger partial charge is 0.240 e. The number of rotatable bonds is 3. The zero-order chi connectivity index (χ0) is 14.0. The molecule has 1 unspecified atom stereocenters. The molecule has 1 aliphatic rings. The first-order valence-corrected chi connectivity index (χ1v) is 6.42. The number of oxime groups is 1. The van der Waals surface area contributed by atoms with E-state index in [1.54, 1.807) is 11.8 Å². The third kappa shape index (κ3) is 2.05. The number of para-hydroxylation sites is 1. The Bertz CT molecular complexity index is 527. The Kier molecular flexibility index (Phi) is 3.46. The molecule has 19 heavy (non-hydrogen) atoms. The summed E-state index contributed by atoms with van der Waals surface area (Å²) >= 11 is 0. The molecular weight excluding hydrogens is 242 g/mol. The highest BCUT2D eigenvalue weighted by Gasteiger charge is 2.41. The van der Waals surface area contributed by atoms with Crippen LogP contribution in [0.25, 0.3) is 0 Å². The van der Waals surface area contributed by atoms with Crippen molar-refractivity contribution in [1.29, 1.82) is 0 Å². The first-order valence-electron chi connectivity index (χ1n) is 6.42. The average Bonchev–Trinajstić information content (AvgIpc) is 2.88. The van der Waals surface area contributed by atoms with Crippen LogP contribution in [0.1, 0.15) is 25.8 Å². The van der Waals surface area contributed by atoms with Crippen molar-refractivity contribution in [2.24, 2.45) is 16.3 Å². The van der Waals surface area contributed by atoms with Gasteiger partial charge in [-0.15, -0.1) is 0 Å². The molecule has 102 valence electrons. The van der Waals surface area contributed by atoms with E-state index in [2.05, 4.69) is 5.16 Å². The zero-order valence-electron chi connectivity index (χ0n) is 11.3. The lowest BCUT2D eigenvalue weighted by Crippen LogP contribution is -2.49. The maximum atomic E-state index is 12.7. The van der Waals surface area contributed by atoms with Gasteiger partial charge >= 0.3 is 0 Å². The summed E-state index contributed by atoms with van der Waals surface area (Å²) in [6, 6.07) is 7.84. The normalized spacial score (nSPS) is 18.0. The molecule has 0 radical (unpaired) electrons. The number of benzene rings is 1. The molecule has 5 nitrogen and oxygen atoms in total. The maximum Gasteiger partial charge on any atom is 0.240 e. The van der Waals surface area contributed by atoms with Gasteiger partial charge in [0.05, 0.1) is 0 Å². The molecule has 0 spiro atoms. The third-order valence-corrected chi connectivity index (χ3v) is 3.98. The number of nitrogens with two attached hydrogens (primary N) is 1. The van der Waals surface area contributed by atoms with Crippen LogP contribution in [0.15, 0.2) is 29.4 Å². The topological polar surface area (TPSA) is 78.9 Å². The summed E-state index contributed by atoms with van der Waals surface area (Å²) in [6.07, 6.45) is 1.33. The summed E-state index contributed by atoms with van der Waals surface area (Å²) in [5, 5.41) is 11.9. The number of carbonyl (C=O) groups is 1. The summed E-state index contributed by atoms with van der Waals surface area (Å²) in [4.78, 5) is 14.4. The van der Waals surface area contributed by atoms with Gasteiger partial charge in [0.15, 0.2) is 5.84 Å². The van der Waals surface area contributed by atoms with Crippen molar-refractivity contribution >= 4 is 17.4 Å². The lowest BCUT2D eigenvalue weighted by Gasteiger charge is -2.30. The van der Waals surface area contributed by atoms with Gasteiger partial charge in [-0.3, -0.25) is 4.79 Å². The molecule has 0 saturated heterocycles. The van der Waals surface area contributed by atoms with Gasteiger partial charge in [0, 0.05) is 12.2 Å². The van der Waals surface area contributed by atoms with E-state index in [-0.39, 0.29) is 11.7 Å². The van der Waals surface area contributed by atoms with Crippen molar-refractivity contribution < 1.29 is 10.0 Å². The Labute approximate surface area is 112 Å². The van der Waals surface area contributed by atoms with E-state index < -0.39 is 5.41 Å². The number of nitrogens with zero attached hydrogens (tertiary/aromatic N) is 2. The minimum Gasteiger partial charge on any atom is -0.409 e. The number of amides is 1. The Morgan fingerprint density at radius 2 is 2.21 bits per heavy atom. The van der Waals surface area contributed by atoms with Gasteiger partial charge in [-0.25, -0.2) is 0 Å². The predicted octanol–water partition coefficient (Wildman–Crippen LogP) is 1.74. The van der Waals surface area contributed by atoms with Crippen LogP contribution in [-0.4, -0.2) is 23.5 Å². The Balaban J connectivity index is 2.36. The number of amidine groups is 1. The van der Waals surface area contributed by atoms with Gasteiger partial charge in [0.1, 0.15) is 5.41 Å². The predicted molar refractivity (Wildman–Crippen MR) is 74.3 cm³/mol. The second-order valence-electron chi connectivity index (χ2n) is 5.01. The standard InChI is InChI=1S/C14H19N3O2/c1-3-14(2,12(15)16-19)13(18)17-9-8-10-6-4-5-7-11(10)17/h4-7,19H,3,8-9H2,1-2H3,(H2,15,16). The second-order valence-corrected chi connectivity index (χ2v) is 5.01. The molecule has 0 saturated carbocycles. The number of hydrogen-bond acceptors (Lipinski definition) is 3. The second kappa shape index (κ2) is 4.91. The molecule has 1 aromatic rings. The van der Waals surface area contributed by atoms with E-state index >= 15 is 0 Å². The van der Waals surface area contributed by atoms with Crippen LogP contribution in [0, 0.1) is 5.41 Å². The molecule has 1 heterocycles. The SMILES string of the molecule is CCC(C)(C(=O)N1CCc2ccccc21)/C(N)=N/O. The highest BCUT2D eigenvalue weighted by atomic mass is 16.4. The molecule has 1 atom stereocenters. The fourth-order valence-electron chi connectivity index (χ4n) is 2.40. The summed E-state index contributed by atoms with van der Waals surface area (Å²) in [7, 11) is 0. The van der Waals surface area contributed by atoms with Crippen LogP contribution >= 0.6 is 0 Å². The molecule has 0 aromatic heterocycles. The van der Waals surface area contributed by atoms with Crippen molar-refractivity contribution in [2.75, 3.05) is 11.4 Å². The van der Waals surface area contributed by atoms with Crippen LogP contribution in [0.5, 0.6) is 0 Å². The van der Waals surface area contributed by atoms with Crippen LogP contribution in [-0.2, 0) is 11.2 Å². The van der Waals surface area contributed by atoms with E-state index in [9.17, 15) is 4.79 Å². The average molecular weight is 261 g/mol. The van der Waals surface area contributed by atoms with Gasteiger partial charge in [-0.05, 0) is 31.4 Å². The summed E-state index contributed by atoms with van der Waals surface area (Å²) < 4.78 is 0. The minimum atomic E-state index is -0.966. The van der Waals surface area contributed by atoms with Crippen LogP contribution in [0.4, 0.5) is 5.69 Å². The summed E-state index contributed by atoms with van der Waals surface area (Å²) in [5.74, 6) is -0.153. The van der Waals surface area contributed by atoms with Gasteiger partial charge < -0.3 is 15.8 Å². The summed E-state index contributed by atoms with van der Waals surface area (Å²) in [6.45, 7) is 4.22. The zero-order valence-corrected chi connectivity index (χ0v) is 11.3. The fraction of sp³-hybridized carbons (Fsp3) is 0.429. The Morgan fingerprint density at radius 1 is 1.53 bits per heavy atom. The quantitative estimate of drug-likeness (QED) is 0.376. The van der Waals surface area contributed by atoms with Crippen molar-refractivity contribution in [2.45, 2.75) is 26.7 Å². The van der Waals surface area contributed by atoms with Gasteiger partial charge in [0.2, 0.25) is 5.91 Å². The van der Waals surface area contributed by atoms with Crippen molar-refractivity contribution in [3.05, 3.63) is 29.8 Å². The van der Waals surface area contributed by atoms with E-state index in [0.717, 1.165) is 17.7 Å². The van der Waals surface area contributed by atoms with Crippen LogP contribution in [0.3, 0.4) is 0 Å². The van der Waals surface area contributed by atoms with E-state index in [0.29, 0.717) is 13.0 Å². The monoisotopic (exact) mass is 261 g/mol. The van der Waals surface area contributed by atoms with Gasteiger partial charge in [-0.1, -0.05) is 30.3 Å². The summed E-state index contributed by atoms with van der Waals surface area (Å²) in [5.41, 5.74) is 6.83. The lowest BCUT2D eigenvalue weighted by molar-refractivity contribution is -0.124. The van der Waals surface area contributed by atoms with Crippen molar-refractivity contribution in [3.8, 4) is 0 Å². The van der Waals surface area contributed by atoms with E-state index in [4.69, 9.17) is 10.9 Å². The molecule has 2 rings (SSSR count). The molecule has 1 amide bonds. The Hall–Kier alpha value is -2.04. The number of hydrogen-bond donors (Lipinski definition) is 2. The van der Waals surface area contributed by atoms with Crippen LogP contribution < -0.4 is 10.6 Å². The van der Waals surface area contributed by atoms with Crippen molar-refractivity contribution in [1.82, 2.24) is 0 Å². The molecule has 0 aliphatic carbocycles. The van der Waals surface area contributed by atoms with E-state index in [1.807, 2.05) is 31.2 Å². The molecular formula is C14H19N3O2. The maximum absolute atomic E-state index is 12.7. The number of carbonyl (C=O) groups excluding carboxylic acids is 1. The molecule has 3 N–H and O–H groups in total. The van der Waals surface area contributed by atoms with Gasteiger partial charge in [-0.2, -0.15) is 0 Å².